The van der Waals surface area contributed by atoms with Crippen LogP contribution in [0.25, 0.3) is 12.2 Å². The maximum atomic E-state index is 3.87. The minimum absolute atomic E-state index is 0.851. The molecule has 0 spiro atoms. The van der Waals surface area contributed by atoms with Crippen molar-refractivity contribution in [2.24, 2.45) is 5.92 Å². The van der Waals surface area contributed by atoms with Crippen molar-refractivity contribution in [2.45, 2.75) is 66.7 Å². The zero-order valence-corrected chi connectivity index (χ0v) is 14.9. The molecule has 0 radical (unpaired) electrons. The molecule has 0 saturated heterocycles. The second-order valence-electron chi connectivity index (χ2n) is 5.31. The van der Waals surface area contributed by atoms with Crippen LogP contribution < -0.4 is 0 Å². The van der Waals surface area contributed by atoms with Gasteiger partial charge in [0.1, 0.15) is 0 Å². The monoisotopic (exact) mass is 292 g/mol. The van der Waals surface area contributed by atoms with E-state index in [4.69, 9.17) is 0 Å². The van der Waals surface area contributed by atoms with Gasteiger partial charge in [0.25, 0.3) is 0 Å². The van der Waals surface area contributed by atoms with Crippen LogP contribution in [0.2, 0.25) is 0 Å². The van der Waals surface area contributed by atoms with Crippen LogP contribution in [-0.4, -0.2) is 0 Å². The summed E-state index contributed by atoms with van der Waals surface area (Å²) in [6.45, 7) is 14.6. The second-order valence-corrected chi connectivity index (χ2v) is 6.60. The molecule has 0 saturated carbocycles. The average molecular weight is 293 g/mol. The molecule has 0 atom stereocenters. The normalized spacial score (nSPS) is 10.7. The molecular weight excluding hydrogens is 260 g/mol. The molecule has 0 aliphatic rings. The minimum Gasteiger partial charge on any atom is -0.141 e. The van der Waals surface area contributed by atoms with Crippen LogP contribution in [0.1, 0.15) is 75.1 Å². The highest BCUT2D eigenvalue weighted by atomic mass is 32.1. The fourth-order valence-corrected chi connectivity index (χ4v) is 2.90. The summed E-state index contributed by atoms with van der Waals surface area (Å²) in [7, 11) is 0. The number of thiophene rings is 1. The molecule has 114 valence electrons. The van der Waals surface area contributed by atoms with E-state index in [1.807, 2.05) is 31.3 Å². The fraction of sp³-hybridized carbons (Fsp3) is 0.579. The highest BCUT2D eigenvalue weighted by molar-refractivity contribution is 7.13. The van der Waals surface area contributed by atoms with Gasteiger partial charge in [-0.2, -0.15) is 0 Å². The number of hydrogen-bond acceptors (Lipinski definition) is 1. The Balaban J connectivity index is 0.00000172. The number of unbranched alkanes of at least 4 members (excludes halogenated alkanes) is 3. The summed E-state index contributed by atoms with van der Waals surface area (Å²) in [6, 6.07) is 2.25. The van der Waals surface area contributed by atoms with Gasteiger partial charge in [0.2, 0.25) is 0 Å². The Kier molecular flexibility index (Phi) is 11.5. The fourth-order valence-electron chi connectivity index (χ4n) is 2.04. The molecule has 1 heteroatoms. The van der Waals surface area contributed by atoms with Gasteiger partial charge < -0.3 is 0 Å². The first kappa shape index (κ1) is 19.2. The molecule has 0 aliphatic carbocycles. The Hall–Kier alpha value is -0.820. The van der Waals surface area contributed by atoms with Crippen molar-refractivity contribution in [1.82, 2.24) is 0 Å². The summed E-state index contributed by atoms with van der Waals surface area (Å²) >= 11 is 1.82. The third-order valence-corrected chi connectivity index (χ3v) is 4.11. The standard InChI is InChI=1S/C17H26S.C2H6/c1-5-17-16(13-15(4)18-17)12-10-8-6-7-9-11-14(2)3;1-2/h5,10,12-14H,1,6-9,11H2,2-4H3;1-2H3/b12-10-;. The minimum atomic E-state index is 0.851. The van der Waals surface area contributed by atoms with Crippen molar-refractivity contribution < 1.29 is 0 Å². The maximum Gasteiger partial charge on any atom is 0.0339 e. The highest BCUT2D eigenvalue weighted by Crippen LogP contribution is 2.24. The van der Waals surface area contributed by atoms with E-state index in [0.29, 0.717) is 0 Å². The Morgan fingerprint density at radius 2 is 1.90 bits per heavy atom. The molecule has 20 heavy (non-hydrogen) atoms. The van der Waals surface area contributed by atoms with E-state index >= 15 is 0 Å². The molecule has 0 unspecified atom stereocenters. The highest BCUT2D eigenvalue weighted by Gasteiger charge is 1.99. The summed E-state index contributed by atoms with van der Waals surface area (Å²) in [4.78, 5) is 2.66. The molecule has 1 rings (SSSR count). The lowest BCUT2D eigenvalue weighted by Gasteiger charge is -2.02. The number of allylic oxidation sites excluding steroid dienone is 1. The number of rotatable bonds is 8. The average Bonchev–Trinajstić information content (AvgIpc) is 2.80. The first-order valence-corrected chi connectivity index (χ1v) is 8.84. The largest absolute Gasteiger partial charge is 0.141 e. The van der Waals surface area contributed by atoms with Crippen LogP contribution in [0.4, 0.5) is 0 Å². The van der Waals surface area contributed by atoms with Crippen molar-refractivity contribution >= 4 is 23.5 Å². The number of aryl methyl sites for hydroxylation is 1. The summed E-state index contributed by atoms with van der Waals surface area (Å²) < 4.78 is 0. The predicted molar refractivity (Wildman–Crippen MR) is 97.5 cm³/mol. The van der Waals surface area contributed by atoms with Crippen LogP contribution in [0.3, 0.4) is 0 Å². The van der Waals surface area contributed by atoms with Crippen LogP contribution in [0.5, 0.6) is 0 Å². The molecule has 1 heterocycles. The molecule has 0 aromatic carbocycles. The van der Waals surface area contributed by atoms with Crippen LogP contribution in [-0.2, 0) is 0 Å². The smallest absolute Gasteiger partial charge is 0.0339 e. The predicted octanol–water partition coefficient (Wildman–Crippen LogP) is 7.35. The van der Waals surface area contributed by atoms with Crippen molar-refractivity contribution in [2.75, 3.05) is 0 Å². The maximum absolute atomic E-state index is 3.87. The van der Waals surface area contributed by atoms with Crippen LogP contribution in [0.15, 0.2) is 18.7 Å². The first-order chi connectivity index (χ1) is 9.63. The van der Waals surface area contributed by atoms with Crippen molar-refractivity contribution in [1.29, 1.82) is 0 Å². The third-order valence-electron chi connectivity index (χ3n) is 3.05. The Morgan fingerprint density at radius 1 is 1.20 bits per heavy atom. The van der Waals surface area contributed by atoms with Gasteiger partial charge in [0, 0.05) is 9.75 Å². The Bertz CT molecular complexity index is 382. The van der Waals surface area contributed by atoms with Gasteiger partial charge >= 0.3 is 0 Å². The lowest BCUT2D eigenvalue weighted by atomic mass is 10.0. The van der Waals surface area contributed by atoms with E-state index in [-0.39, 0.29) is 0 Å². The van der Waals surface area contributed by atoms with E-state index in [1.165, 1.54) is 47.4 Å². The first-order valence-electron chi connectivity index (χ1n) is 8.03. The van der Waals surface area contributed by atoms with E-state index in [0.717, 1.165) is 5.92 Å². The molecule has 0 bridgehead atoms. The van der Waals surface area contributed by atoms with E-state index < -0.39 is 0 Å². The molecule has 0 aliphatic heterocycles. The van der Waals surface area contributed by atoms with Gasteiger partial charge in [-0.3, -0.25) is 0 Å². The zero-order chi connectivity index (χ0) is 15.4. The molecule has 0 N–H and O–H groups in total. The van der Waals surface area contributed by atoms with E-state index in [9.17, 15) is 0 Å². The van der Waals surface area contributed by atoms with Crippen molar-refractivity contribution in [3.63, 3.8) is 0 Å². The van der Waals surface area contributed by atoms with Crippen LogP contribution in [0, 0.1) is 12.8 Å². The summed E-state index contributed by atoms with van der Waals surface area (Å²) in [5, 5.41) is 0. The lowest BCUT2D eigenvalue weighted by Crippen LogP contribution is -1.86. The zero-order valence-electron chi connectivity index (χ0n) is 14.0. The summed E-state index contributed by atoms with van der Waals surface area (Å²) in [5.41, 5.74) is 1.33. The summed E-state index contributed by atoms with van der Waals surface area (Å²) in [6.07, 6.45) is 13.1. The van der Waals surface area contributed by atoms with E-state index in [1.54, 1.807) is 0 Å². The molecule has 0 fully saturated rings. The van der Waals surface area contributed by atoms with Gasteiger partial charge in [0.05, 0.1) is 0 Å². The van der Waals surface area contributed by atoms with Gasteiger partial charge in [-0.05, 0) is 37.3 Å². The third kappa shape index (κ3) is 8.37. The van der Waals surface area contributed by atoms with Crippen LogP contribution >= 0.6 is 11.3 Å². The van der Waals surface area contributed by atoms with Crippen molar-refractivity contribution in [3.8, 4) is 0 Å². The van der Waals surface area contributed by atoms with Gasteiger partial charge in [0.15, 0.2) is 0 Å². The lowest BCUT2D eigenvalue weighted by molar-refractivity contribution is 0.529. The molecule has 1 aromatic rings. The summed E-state index contributed by atoms with van der Waals surface area (Å²) in [5.74, 6) is 0.851. The Labute approximate surface area is 130 Å². The topological polar surface area (TPSA) is 0 Å². The van der Waals surface area contributed by atoms with Crippen molar-refractivity contribution in [3.05, 3.63) is 34.0 Å². The van der Waals surface area contributed by atoms with E-state index in [2.05, 4.69) is 45.6 Å². The molecule has 0 nitrogen and oxygen atoms in total. The Morgan fingerprint density at radius 3 is 2.50 bits per heavy atom. The second kappa shape index (κ2) is 12.0. The van der Waals surface area contributed by atoms with Gasteiger partial charge in [-0.1, -0.05) is 71.8 Å². The van der Waals surface area contributed by atoms with Gasteiger partial charge in [-0.25, -0.2) is 0 Å². The SMILES string of the molecule is C=Cc1sc(C)cc1/C=C\CCCCCC(C)C.CC. The molecule has 0 amide bonds. The quantitative estimate of drug-likeness (QED) is 0.439. The molecular formula is C19H32S. The molecule has 1 aromatic heterocycles. The van der Waals surface area contributed by atoms with Gasteiger partial charge in [-0.15, -0.1) is 11.3 Å². The number of hydrogen-bond donors (Lipinski definition) is 0.